The SMILES string of the molecule is CC(C)(C)OC1CCC(C)(C)C1N. The molecule has 13 heavy (non-hydrogen) atoms. The van der Waals surface area contributed by atoms with Crippen molar-refractivity contribution in [2.24, 2.45) is 11.1 Å². The summed E-state index contributed by atoms with van der Waals surface area (Å²) in [4.78, 5) is 0. The molecule has 2 atom stereocenters. The van der Waals surface area contributed by atoms with Crippen LogP contribution in [-0.2, 0) is 4.74 Å². The van der Waals surface area contributed by atoms with Crippen molar-refractivity contribution in [3.8, 4) is 0 Å². The zero-order chi connectivity index (χ0) is 10.3. The molecule has 0 heterocycles. The second-order valence-corrected chi connectivity index (χ2v) is 5.82. The fourth-order valence-corrected chi connectivity index (χ4v) is 1.95. The molecule has 2 nitrogen and oxygen atoms in total. The van der Waals surface area contributed by atoms with E-state index in [2.05, 4.69) is 34.6 Å². The van der Waals surface area contributed by atoms with E-state index < -0.39 is 0 Å². The molecule has 0 aromatic carbocycles. The highest BCUT2D eigenvalue weighted by Gasteiger charge is 2.41. The minimum absolute atomic E-state index is 0.0668. The Morgan fingerprint density at radius 1 is 1.31 bits per heavy atom. The van der Waals surface area contributed by atoms with Crippen LogP contribution in [0, 0.1) is 5.41 Å². The van der Waals surface area contributed by atoms with Crippen LogP contribution in [0.2, 0.25) is 0 Å². The Bertz CT molecular complexity index is 181. The fraction of sp³-hybridized carbons (Fsp3) is 1.00. The van der Waals surface area contributed by atoms with Gasteiger partial charge in [0.15, 0.2) is 0 Å². The predicted octanol–water partition coefficient (Wildman–Crippen LogP) is 2.32. The van der Waals surface area contributed by atoms with Crippen molar-refractivity contribution in [1.29, 1.82) is 0 Å². The molecule has 1 saturated carbocycles. The first-order valence-corrected chi connectivity index (χ1v) is 5.16. The highest BCUT2D eigenvalue weighted by molar-refractivity contribution is 4.95. The smallest absolute Gasteiger partial charge is 0.0738 e. The molecule has 78 valence electrons. The quantitative estimate of drug-likeness (QED) is 0.680. The summed E-state index contributed by atoms with van der Waals surface area (Å²) in [6.07, 6.45) is 2.52. The molecule has 0 aromatic rings. The van der Waals surface area contributed by atoms with Gasteiger partial charge >= 0.3 is 0 Å². The van der Waals surface area contributed by atoms with E-state index in [1.807, 2.05) is 0 Å². The average molecular weight is 185 g/mol. The summed E-state index contributed by atoms with van der Waals surface area (Å²) in [5.74, 6) is 0. The summed E-state index contributed by atoms with van der Waals surface area (Å²) >= 11 is 0. The number of ether oxygens (including phenoxy) is 1. The minimum Gasteiger partial charge on any atom is -0.371 e. The Balaban J connectivity index is 2.56. The maximum Gasteiger partial charge on any atom is 0.0738 e. The van der Waals surface area contributed by atoms with Gasteiger partial charge in [-0.2, -0.15) is 0 Å². The van der Waals surface area contributed by atoms with Crippen molar-refractivity contribution in [2.45, 2.75) is 65.2 Å². The van der Waals surface area contributed by atoms with Crippen LogP contribution in [0.3, 0.4) is 0 Å². The van der Waals surface area contributed by atoms with Gasteiger partial charge in [-0.1, -0.05) is 13.8 Å². The molecule has 1 aliphatic carbocycles. The van der Waals surface area contributed by atoms with Gasteiger partial charge in [0.05, 0.1) is 11.7 Å². The van der Waals surface area contributed by atoms with Crippen LogP contribution in [0.25, 0.3) is 0 Å². The van der Waals surface area contributed by atoms with E-state index >= 15 is 0 Å². The summed E-state index contributed by atoms with van der Waals surface area (Å²) in [6.45, 7) is 10.7. The third kappa shape index (κ3) is 2.68. The predicted molar refractivity (Wildman–Crippen MR) is 55.6 cm³/mol. The van der Waals surface area contributed by atoms with Crippen LogP contribution < -0.4 is 5.73 Å². The van der Waals surface area contributed by atoms with Crippen LogP contribution in [0.5, 0.6) is 0 Å². The number of hydrogen-bond donors (Lipinski definition) is 1. The van der Waals surface area contributed by atoms with E-state index in [4.69, 9.17) is 10.5 Å². The second-order valence-electron chi connectivity index (χ2n) is 5.82. The van der Waals surface area contributed by atoms with Crippen molar-refractivity contribution in [3.05, 3.63) is 0 Å². The number of nitrogens with two attached hydrogens (primary N) is 1. The van der Waals surface area contributed by atoms with Gasteiger partial charge in [0.25, 0.3) is 0 Å². The molecule has 0 aromatic heterocycles. The van der Waals surface area contributed by atoms with Crippen molar-refractivity contribution in [2.75, 3.05) is 0 Å². The van der Waals surface area contributed by atoms with Gasteiger partial charge in [0.2, 0.25) is 0 Å². The van der Waals surface area contributed by atoms with Gasteiger partial charge in [0, 0.05) is 6.04 Å². The van der Waals surface area contributed by atoms with E-state index in [0.717, 1.165) is 6.42 Å². The monoisotopic (exact) mass is 185 g/mol. The van der Waals surface area contributed by atoms with Gasteiger partial charge in [-0.3, -0.25) is 0 Å². The summed E-state index contributed by atoms with van der Waals surface area (Å²) < 4.78 is 5.92. The Morgan fingerprint density at radius 2 is 1.85 bits per heavy atom. The highest BCUT2D eigenvalue weighted by Crippen LogP contribution is 2.38. The third-order valence-corrected chi connectivity index (χ3v) is 2.88. The van der Waals surface area contributed by atoms with Gasteiger partial charge in [0.1, 0.15) is 0 Å². The lowest BCUT2D eigenvalue weighted by Gasteiger charge is -2.31. The van der Waals surface area contributed by atoms with Crippen molar-refractivity contribution >= 4 is 0 Å². The lowest BCUT2D eigenvalue weighted by atomic mass is 9.87. The first-order valence-electron chi connectivity index (χ1n) is 5.16. The van der Waals surface area contributed by atoms with Crippen molar-refractivity contribution < 1.29 is 4.74 Å². The second kappa shape index (κ2) is 3.25. The third-order valence-electron chi connectivity index (χ3n) is 2.88. The molecule has 0 radical (unpaired) electrons. The average Bonchev–Trinajstić information content (AvgIpc) is 2.13. The maximum absolute atomic E-state index is 6.14. The lowest BCUT2D eigenvalue weighted by Crippen LogP contribution is -2.43. The zero-order valence-electron chi connectivity index (χ0n) is 9.55. The standard InChI is InChI=1S/C11H23NO/c1-10(2,3)13-8-6-7-11(4,5)9(8)12/h8-9H,6-7,12H2,1-5H3. The summed E-state index contributed by atoms with van der Waals surface area (Å²) in [6, 6.07) is 0.187. The largest absolute Gasteiger partial charge is 0.371 e. The van der Waals surface area contributed by atoms with Crippen molar-refractivity contribution in [1.82, 2.24) is 0 Å². The molecule has 2 unspecified atom stereocenters. The summed E-state index contributed by atoms with van der Waals surface area (Å²) in [5.41, 5.74) is 6.32. The summed E-state index contributed by atoms with van der Waals surface area (Å²) in [7, 11) is 0. The van der Waals surface area contributed by atoms with Crippen LogP contribution in [-0.4, -0.2) is 17.7 Å². The molecule has 2 N–H and O–H groups in total. The maximum atomic E-state index is 6.14. The topological polar surface area (TPSA) is 35.2 Å². The van der Waals surface area contributed by atoms with Gasteiger partial charge in [-0.05, 0) is 39.0 Å². The molecule has 2 heteroatoms. The Morgan fingerprint density at radius 3 is 2.15 bits per heavy atom. The first kappa shape index (κ1) is 11.0. The summed E-state index contributed by atoms with van der Waals surface area (Å²) in [5, 5.41) is 0. The molecule has 1 aliphatic rings. The van der Waals surface area contributed by atoms with Crippen LogP contribution >= 0.6 is 0 Å². The van der Waals surface area contributed by atoms with Crippen LogP contribution in [0.15, 0.2) is 0 Å². The van der Waals surface area contributed by atoms with Gasteiger partial charge in [-0.15, -0.1) is 0 Å². The van der Waals surface area contributed by atoms with Crippen molar-refractivity contribution in [3.63, 3.8) is 0 Å². The van der Waals surface area contributed by atoms with Gasteiger partial charge < -0.3 is 10.5 Å². The fourth-order valence-electron chi connectivity index (χ4n) is 1.95. The zero-order valence-corrected chi connectivity index (χ0v) is 9.55. The number of hydrogen-bond acceptors (Lipinski definition) is 2. The molecule has 1 rings (SSSR count). The lowest BCUT2D eigenvalue weighted by molar-refractivity contribution is -0.0670. The van der Waals surface area contributed by atoms with E-state index in [-0.39, 0.29) is 23.2 Å². The Labute approximate surface area is 81.8 Å². The van der Waals surface area contributed by atoms with E-state index in [1.165, 1.54) is 6.42 Å². The van der Waals surface area contributed by atoms with Gasteiger partial charge in [-0.25, -0.2) is 0 Å². The molecule has 0 amide bonds. The highest BCUT2D eigenvalue weighted by atomic mass is 16.5. The number of rotatable bonds is 1. The molecule has 0 bridgehead atoms. The Kier molecular flexibility index (Phi) is 2.75. The van der Waals surface area contributed by atoms with Crippen LogP contribution in [0.4, 0.5) is 0 Å². The molecule has 0 aliphatic heterocycles. The minimum atomic E-state index is -0.0668. The van der Waals surface area contributed by atoms with E-state index in [9.17, 15) is 0 Å². The van der Waals surface area contributed by atoms with E-state index in [0.29, 0.717) is 0 Å². The first-order chi connectivity index (χ1) is 5.72. The molecule has 0 saturated heterocycles. The molecule has 0 spiro atoms. The molecular formula is C11H23NO. The molecule has 1 fully saturated rings. The van der Waals surface area contributed by atoms with Crippen LogP contribution in [0.1, 0.15) is 47.5 Å². The van der Waals surface area contributed by atoms with E-state index in [1.54, 1.807) is 0 Å². The Hall–Kier alpha value is -0.0800. The molecular weight excluding hydrogens is 162 g/mol. The normalized spacial score (nSPS) is 33.7.